The molecular formula is C13H16N2O5. The van der Waals surface area contributed by atoms with E-state index in [1.807, 2.05) is 0 Å². The lowest BCUT2D eigenvalue weighted by Gasteiger charge is -2.14. The first-order valence-electron chi connectivity index (χ1n) is 5.88. The Morgan fingerprint density at radius 3 is 2.55 bits per heavy atom. The fourth-order valence-electron chi connectivity index (χ4n) is 1.55. The number of carboxylic acids is 1. The van der Waals surface area contributed by atoms with Crippen LogP contribution < -0.4 is 11.1 Å². The van der Waals surface area contributed by atoms with Crippen molar-refractivity contribution in [1.82, 2.24) is 5.32 Å². The Labute approximate surface area is 115 Å². The van der Waals surface area contributed by atoms with Crippen molar-refractivity contribution in [2.75, 3.05) is 13.7 Å². The van der Waals surface area contributed by atoms with E-state index in [9.17, 15) is 14.4 Å². The minimum atomic E-state index is -1.15. The highest BCUT2D eigenvalue weighted by Crippen LogP contribution is 2.06. The second-order valence-corrected chi connectivity index (χ2v) is 4.09. The van der Waals surface area contributed by atoms with Gasteiger partial charge < -0.3 is 20.9 Å². The van der Waals surface area contributed by atoms with Crippen LogP contribution in [0, 0.1) is 0 Å². The highest BCUT2D eigenvalue weighted by Gasteiger charge is 2.20. The highest BCUT2D eigenvalue weighted by molar-refractivity contribution is 6.00. The van der Waals surface area contributed by atoms with E-state index in [1.165, 1.54) is 31.4 Å². The lowest BCUT2D eigenvalue weighted by Crippen LogP contribution is -2.41. The number of benzene rings is 1. The minimum absolute atomic E-state index is 0.146. The fraction of sp³-hybridized carbons (Fsp3) is 0.308. The number of hydrogen-bond donors (Lipinski definition) is 3. The van der Waals surface area contributed by atoms with Gasteiger partial charge in [0.05, 0.1) is 0 Å². The van der Waals surface area contributed by atoms with Crippen molar-refractivity contribution in [2.45, 2.75) is 12.5 Å². The van der Waals surface area contributed by atoms with E-state index in [4.69, 9.17) is 15.6 Å². The lowest BCUT2D eigenvalue weighted by atomic mass is 10.1. The predicted molar refractivity (Wildman–Crippen MR) is 70.3 cm³/mol. The van der Waals surface area contributed by atoms with Gasteiger partial charge in [0.15, 0.2) is 0 Å². The average Bonchev–Trinajstić information content (AvgIpc) is 2.42. The molecule has 1 unspecified atom stereocenters. The molecule has 2 amide bonds. The maximum absolute atomic E-state index is 11.9. The third-order valence-corrected chi connectivity index (χ3v) is 2.62. The SMILES string of the molecule is COCCC(NC(=O)c1cccc(C(N)=O)c1)C(=O)O. The second kappa shape index (κ2) is 7.25. The van der Waals surface area contributed by atoms with Crippen LogP contribution in [0.5, 0.6) is 0 Å². The summed E-state index contributed by atoms with van der Waals surface area (Å²) in [6, 6.07) is 4.70. The molecule has 20 heavy (non-hydrogen) atoms. The maximum atomic E-state index is 11.9. The standard InChI is InChI=1S/C13H16N2O5/c1-20-6-5-10(13(18)19)15-12(17)9-4-2-3-8(7-9)11(14)16/h2-4,7,10H,5-6H2,1H3,(H2,14,16)(H,15,17)(H,18,19). The van der Waals surface area contributed by atoms with E-state index < -0.39 is 23.8 Å². The molecule has 7 nitrogen and oxygen atoms in total. The summed E-state index contributed by atoms with van der Waals surface area (Å²) in [5, 5.41) is 11.4. The number of aliphatic carboxylic acids is 1. The summed E-state index contributed by atoms with van der Waals surface area (Å²) in [6.45, 7) is 0.207. The number of rotatable bonds is 7. The van der Waals surface area contributed by atoms with Crippen LogP contribution in [0.2, 0.25) is 0 Å². The van der Waals surface area contributed by atoms with Crippen molar-refractivity contribution in [3.8, 4) is 0 Å². The highest BCUT2D eigenvalue weighted by atomic mass is 16.5. The van der Waals surface area contributed by atoms with Crippen LogP contribution in [-0.2, 0) is 9.53 Å². The normalized spacial score (nSPS) is 11.7. The fourth-order valence-corrected chi connectivity index (χ4v) is 1.55. The number of carbonyl (C=O) groups is 3. The van der Waals surface area contributed by atoms with Gasteiger partial charge in [-0.05, 0) is 18.2 Å². The van der Waals surface area contributed by atoms with Crippen LogP contribution in [0.15, 0.2) is 24.3 Å². The van der Waals surface area contributed by atoms with Gasteiger partial charge >= 0.3 is 5.97 Å². The van der Waals surface area contributed by atoms with Gasteiger partial charge in [0, 0.05) is 31.3 Å². The molecule has 0 saturated heterocycles. The van der Waals surface area contributed by atoms with Gasteiger partial charge in [-0.3, -0.25) is 9.59 Å². The molecule has 7 heteroatoms. The van der Waals surface area contributed by atoms with Crippen LogP contribution in [0.3, 0.4) is 0 Å². The first kappa shape index (κ1) is 15.6. The zero-order valence-corrected chi connectivity index (χ0v) is 11.0. The van der Waals surface area contributed by atoms with Crippen molar-refractivity contribution in [1.29, 1.82) is 0 Å². The van der Waals surface area contributed by atoms with Crippen LogP contribution in [0.1, 0.15) is 27.1 Å². The van der Waals surface area contributed by atoms with E-state index in [2.05, 4.69) is 5.32 Å². The smallest absolute Gasteiger partial charge is 0.326 e. The van der Waals surface area contributed by atoms with Crippen molar-refractivity contribution in [3.05, 3.63) is 35.4 Å². The molecular weight excluding hydrogens is 264 g/mol. The summed E-state index contributed by atoms with van der Waals surface area (Å²) in [6.07, 6.45) is 0.146. The molecule has 0 radical (unpaired) electrons. The number of primary amides is 1. The first-order valence-corrected chi connectivity index (χ1v) is 5.88. The average molecular weight is 280 g/mol. The van der Waals surface area contributed by atoms with Crippen molar-refractivity contribution in [3.63, 3.8) is 0 Å². The number of carbonyl (C=O) groups excluding carboxylic acids is 2. The third kappa shape index (κ3) is 4.36. The Bertz CT molecular complexity index is 515. The zero-order chi connectivity index (χ0) is 15.1. The summed E-state index contributed by atoms with van der Waals surface area (Å²) < 4.78 is 4.78. The van der Waals surface area contributed by atoms with E-state index in [0.29, 0.717) is 0 Å². The zero-order valence-electron chi connectivity index (χ0n) is 11.0. The number of hydrogen-bond acceptors (Lipinski definition) is 4. The molecule has 0 aliphatic rings. The molecule has 0 spiro atoms. The van der Waals surface area contributed by atoms with E-state index in [1.54, 1.807) is 0 Å². The molecule has 0 bridgehead atoms. The molecule has 108 valence electrons. The molecule has 4 N–H and O–H groups in total. The summed E-state index contributed by atoms with van der Waals surface area (Å²) in [4.78, 5) is 34.0. The van der Waals surface area contributed by atoms with Crippen molar-refractivity contribution >= 4 is 17.8 Å². The van der Waals surface area contributed by atoms with Gasteiger partial charge in [-0.15, -0.1) is 0 Å². The molecule has 0 fully saturated rings. The van der Waals surface area contributed by atoms with E-state index >= 15 is 0 Å². The Balaban J connectivity index is 2.80. The molecule has 1 atom stereocenters. The van der Waals surface area contributed by atoms with Gasteiger partial charge in [-0.1, -0.05) is 6.07 Å². The van der Waals surface area contributed by atoms with Crippen LogP contribution in [-0.4, -0.2) is 42.6 Å². The number of carboxylic acid groups (broad SMARTS) is 1. The number of amides is 2. The van der Waals surface area contributed by atoms with E-state index in [-0.39, 0.29) is 24.2 Å². The summed E-state index contributed by atoms with van der Waals surface area (Å²) >= 11 is 0. The van der Waals surface area contributed by atoms with E-state index in [0.717, 1.165) is 0 Å². The summed E-state index contributed by atoms with van der Waals surface area (Å²) in [5.74, 6) is -2.40. The monoisotopic (exact) mass is 280 g/mol. The topological polar surface area (TPSA) is 119 Å². The van der Waals surface area contributed by atoms with Gasteiger partial charge in [0.1, 0.15) is 6.04 Å². The number of methoxy groups -OCH3 is 1. The van der Waals surface area contributed by atoms with Crippen LogP contribution in [0.25, 0.3) is 0 Å². The second-order valence-electron chi connectivity index (χ2n) is 4.09. The third-order valence-electron chi connectivity index (χ3n) is 2.62. The minimum Gasteiger partial charge on any atom is -0.480 e. The molecule has 0 aliphatic carbocycles. The number of nitrogens with one attached hydrogen (secondary N) is 1. The van der Waals surface area contributed by atoms with Gasteiger partial charge in [0.2, 0.25) is 5.91 Å². The molecule has 0 heterocycles. The van der Waals surface area contributed by atoms with Crippen molar-refractivity contribution in [2.24, 2.45) is 5.73 Å². The number of nitrogens with two attached hydrogens (primary N) is 1. The Morgan fingerprint density at radius 1 is 1.35 bits per heavy atom. The van der Waals surface area contributed by atoms with Gasteiger partial charge in [-0.2, -0.15) is 0 Å². The largest absolute Gasteiger partial charge is 0.480 e. The Hall–Kier alpha value is -2.41. The number of ether oxygens (including phenoxy) is 1. The van der Waals surface area contributed by atoms with Gasteiger partial charge in [0.25, 0.3) is 5.91 Å². The molecule has 0 saturated carbocycles. The lowest BCUT2D eigenvalue weighted by molar-refractivity contribution is -0.139. The Morgan fingerprint density at radius 2 is 2.00 bits per heavy atom. The summed E-state index contributed by atoms with van der Waals surface area (Å²) in [7, 11) is 1.44. The molecule has 1 aromatic carbocycles. The predicted octanol–water partition coefficient (Wildman–Crippen LogP) is 0.00500. The molecule has 0 aliphatic heterocycles. The van der Waals surface area contributed by atoms with Gasteiger partial charge in [-0.25, -0.2) is 4.79 Å². The maximum Gasteiger partial charge on any atom is 0.326 e. The Kier molecular flexibility index (Phi) is 5.67. The van der Waals surface area contributed by atoms with Crippen LogP contribution in [0.4, 0.5) is 0 Å². The quantitative estimate of drug-likeness (QED) is 0.649. The van der Waals surface area contributed by atoms with Crippen molar-refractivity contribution < 1.29 is 24.2 Å². The molecule has 1 rings (SSSR count). The van der Waals surface area contributed by atoms with Crippen LogP contribution >= 0.6 is 0 Å². The molecule has 1 aromatic rings. The summed E-state index contributed by atoms with van der Waals surface area (Å²) in [5.41, 5.74) is 5.47. The first-order chi connectivity index (χ1) is 9.45. The molecule has 0 aromatic heterocycles.